The third-order valence-electron chi connectivity index (χ3n) is 3.71. The minimum absolute atomic E-state index is 0.160. The highest BCUT2D eigenvalue weighted by Crippen LogP contribution is 2.24. The maximum Gasteiger partial charge on any atom is 0.206 e. The number of phenolic OH excluding ortho intramolecular Hbond substituents is 2. The first-order chi connectivity index (χ1) is 12.6. The van der Waals surface area contributed by atoms with Crippen molar-refractivity contribution in [2.75, 3.05) is 6.54 Å². The first-order valence-corrected chi connectivity index (χ1v) is 8.92. The molecule has 2 aromatic carbocycles. The van der Waals surface area contributed by atoms with Gasteiger partial charge in [0.05, 0.1) is 18.5 Å². The van der Waals surface area contributed by atoms with Crippen LogP contribution in [0, 0.1) is 6.92 Å². The van der Waals surface area contributed by atoms with Gasteiger partial charge in [-0.25, -0.2) is 4.68 Å². The fourth-order valence-corrected chi connectivity index (χ4v) is 3.18. The summed E-state index contributed by atoms with van der Waals surface area (Å²) in [5.74, 6) is -0.341. The Balaban J connectivity index is 2.06. The normalized spacial score (nSPS) is 12.0. The number of benzene rings is 2. The van der Waals surface area contributed by atoms with Crippen LogP contribution in [0.25, 0.3) is 11.3 Å². The molecule has 132 valence electrons. The van der Waals surface area contributed by atoms with Crippen LogP contribution in [-0.4, -0.2) is 27.6 Å². The molecule has 0 unspecified atom stereocenters. The molecule has 0 fully saturated rings. The van der Waals surface area contributed by atoms with Crippen molar-refractivity contribution < 1.29 is 10.2 Å². The summed E-state index contributed by atoms with van der Waals surface area (Å²) in [7, 11) is 0. The number of thiazole rings is 1. The number of aryl methyl sites for hydroxylation is 1. The van der Waals surface area contributed by atoms with Gasteiger partial charge in [-0.15, -0.1) is 17.9 Å². The Hall–Kier alpha value is -3.12. The molecule has 0 saturated carbocycles. The van der Waals surface area contributed by atoms with Crippen molar-refractivity contribution in [3.05, 3.63) is 76.4 Å². The molecular formula is C20H19N3O2S. The summed E-state index contributed by atoms with van der Waals surface area (Å²) < 4.78 is 1.77. The summed E-state index contributed by atoms with van der Waals surface area (Å²) in [6.07, 6.45) is 3.35. The Morgan fingerprint density at radius 2 is 1.88 bits per heavy atom. The van der Waals surface area contributed by atoms with E-state index in [1.165, 1.54) is 29.0 Å². The summed E-state index contributed by atoms with van der Waals surface area (Å²) in [6, 6.07) is 12.8. The van der Waals surface area contributed by atoms with Crippen LogP contribution in [0.4, 0.5) is 0 Å². The monoisotopic (exact) mass is 365 g/mol. The fraction of sp³-hybridized carbons (Fsp3) is 0.100. The van der Waals surface area contributed by atoms with Crippen molar-refractivity contribution in [3.8, 4) is 22.8 Å². The molecule has 1 aromatic heterocycles. The molecule has 0 aliphatic rings. The molecule has 3 rings (SSSR count). The lowest BCUT2D eigenvalue weighted by Crippen LogP contribution is -2.12. The highest BCUT2D eigenvalue weighted by Gasteiger charge is 2.07. The van der Waals surface area contributed by atoms with Crippen molar-refractivity contribution in [2.45, 2.75) is 6.92 Å². The Kier molecular flexibility index (Phi) is 5.34. The van der Waals surface area contributed by atoms with E-state index < -0.39 is 0 Å². The minimum Gasteiger partial charge on any atom is -0.504 e. The van der Waals surface area contributed by atoms with Crippen LogP contribution < -0.4 is 4.80 Å². The third-order valence-corrected chi connectivity index (χ3v) is 4.56. The smallest absolute Gasteiger partial charge is 0.206 e. The van der Waals surface area contributed by atoms with Gasteiger partial charge in [0.15, 0.2) is 11.5 Å². The number of hydrogen-bond donors (Lipinski definition) is 2. The summed E-state index contributed by atoms with van der Waals surface area (Å²) in [5, 5.41) is 25.6. The third kappa shape index (κ3) is 3.92. The lowest BCUT2D eigenvalue weighted by Gasteiger charge is -2.04. The molecule has 26 heavy (non-hydrogen) atoms. The van der Waals surface area contributed by atoms with Crippen molar-refractivity contribution in [1.82, 2.24) is 4.68 Å². The molecule has 0 aliphatic carbocycles. The van der Waals surface area contributed by atoms with Gasteiger partial charge in [-0.05, 0) is 30.7 Å². The Morgan fingerprint density at radius 3 is 2.58 bits per heavy atom. The van der Waals surface area contributed by atoms with Crippen molar-refractivity contribution in [3.63, 3.8) is 0 Å². The maximum atomic E-state index is 9.64. The zero-order chi connectivity index (χ0) is 18.5. The van der Waals surface area contributed by atoms with E-state index in [-0.39, 0.29) is 11.5 Å². The molecule has 0 saturated heterocycles. The number of nitrogens with zero attached hydrogens (tertiary/aromatic N) is 3. The van der Waals surface area contributed by atoms with Crippen LogP contribution in [0.5, 0.6) is 11.5 Å². The molecule has 0 amide bonds. The van der Waals surface area contributed by atoms with Gasteiger partial charge in [-0.3, -0.25) is 4.99 Å². The number of aromatic hydroxyl groups is 2. The van der Waals surface area contributed by atoms with Gasteiger partial charge in [-0.1, -0.05) is 35.9 Å². The molecule has 0 spiro atoms. The van der Waals surface area contributed by atoms with E-state index in [1.807, 2.05) is 24.4 Å². The van der Waals surface area contributed by atoms with E-state index in [9.17, 15) is 10.2 Å². The van der Waals surface area contributed by atoms with E-state index in [4.69, 9.17) is 0 Å². The second-order valence-corrected chi connectivity index (χ2v) is 6.54. The molecule has 3 aromatic rings. The van der Waals surface area contributed by atoms with E-state index >= 15 is 0 Å². The molecule has 6 heteroatoms. The summed E-state index contributed by atoms with van der Waals surface area (Å²) in [6.45, 7) is 6.25. The SMILES string of the molecule is C=CCN=c1scc(-c2ccc(C)cc2)n1N=Cc1ccc(O)c(O)c1. The van der Waals surface area contributed by atoms with E-state index in [2.05, 4.69) is 28.8 Å². The zero-order valence-electron chi connectivity index (χ0n) is 14.3. The number of aromatic nitrogens is 1. The highest BCUT2D eigenvalue weighted by molar-refractivity contribution is 7.07. The van der Waals surface area contributed by atoms with Gasteiger partial charge >= 0.3 is 0 Å². The quantitative estimate of drug-likeness (QED) is 0.409. The number of hydrogen-bond acceptors (Lipinski definition) is 5. The molecular weight excluding hydrogens is 346 g/mol. The number of phenols is 2. The average Bonchev–Trinajstić information content (AvgIpc) is 3.04. The van der Waals surface area contributed by atoms with Crippen LogP contribution in [-0.2, 0) is 0 Å². The van der Waals surface area contributed by atoms with E-state index in [0.29, 0.717) is 12.1 Å². The molecule has 2 N–H and O–H groups in total. The summed E-state index contributed by atoms with van der Waals surface area (Å²) in [5.41, 5.74) is 3.83. The van der Waals surface area contributed by atoms with Gasteiger partial charge in [0, 0.05) is 10.9 Å². The highest BCUT2D eigenvalue weighted by atomic mass is 32.1. The Morgan fingerprint density at radius 1 is 1.12 bits per heavy atom. The molecule has 1 heterocycles. The first kappa shape index (κ1) is 17.7. The minimum atomic E-state index is -0.181. The van der Waals surface area contributed by atoms with Gasteiger partial charge in [-0.2, -0.15) is 5.10 Å². The van der Waals surface area contributed by atoms with Crippen LogP contribution in [0.15, 0.2) is 70.6 Å². The lowest BCUT2D eigenvalue weighted by molar-refractivity contribution is 0.403. The Labute approximate surface area is 155 Å². The van der Waals surface area contributed by atoms with Crippen LogP contribution in [0.3, 0.4) is 0 Å². The molecule has 5 nitrogen and oxygen atoms in total. The average molecular weight is 365 g/mol. The molecule has 0 aliphatic heterocycles. The molecule has 0 bridgehead atoms. The summed E-state index contributed by atoms with van der Waals surface area (Å²) in [4.78, 5) is 5.24. The first-order valence-electron chi connectivity index (χ1n) is 8.04. The predicted octanol–water partition coefficient (Wildman–Crippen LogP) is 3.91. The fourth-order valence-electron chi connectivity index (χ4n) is 2.33. The van der Waals surface area contributed by atoms with Gasteiger partial charge in [0.25, 0.3) is 0 Å². The van der Waals surface area contributed by atoms with E-state index in [1.54, 1.807) is 23.0 Å². The second-order valence-electron chi connectivity index (χ2n) is 5.70. The predicted molar refractivity (Wildman–Crippen MR) is 106 cm³/mol. The van der Waals surface area contributed by atoms with Crippen LogP contribution >= 0.6 is 11.3 Å². The van der Waals surface area contributed by atoms with Crippen LogP contribution in [0.2, 0.25) is 0 Å². The number of rotatable bonds is 5. The van der Waals surface area contributed by atoms with E-state index in [0.717, 1.165) is 16.1 Å². The lowest BCUT2D eigenvalue weighted by atomic mass is 10.1. The van der Waals surface area contributed by atoms with Gasteiger partial charge in [0.2, 0.25) is 4.80 Å². The second kappa shape index (κ2) is 7.84. The maximum absolute atomic E-state index is 9.64. The largest absolute Gasteiger partial charge is 0.504 e. The molecule has 0 atom stereocenters. The standard InChI is InChI=1S/C20H19N3O2S/c1-3-10-21-20-23(22-12-15-6-9-18(24)19(25)11-15)17(13-26-20)16-7-4-14(2)5-8-16/h3-9,11-13,24-25H,1,10H2,2H3. The zero-order valence-corrected chi connectivity index (χ0v) is 15.1. The molecule has 0 radical (unpaired) electrons. The van der Waals surface area contributed by atoms with Crippen molar-refractivity contribution >= 4 is 17.6 Å². The van der Waals surface area contributed by atoms with Crippen molar-refractivity contribution in [1.29, 1.82) is 0 Å². The van der Waals surface area contributed by atoms with Gasteiger partial charge < -0.3 is 10.2 Å². The van der Waals surface area contributed by atoms with Crippen LogP contribution in [0.1, 0.15) is 11.1 Å². The van der Waals surface area contributed by atoms with Crippen molar-refractivity contribution in [2.24, 2.45) is 10.1 Å². The topological polar surface area (TPSA) is 70.1 Å². The Bertz CT molecular complexity index is 1010. The summed E-state index contributed by atoms with van der Waals surface area (Å²) >= 11 is 1.50. The van der Waals surface area contributed by atoms with Gasteiger partial charge in [0.1, 0.15) is 0 Å².